The highest BCUT2D eigenvalue weighted by Gasteiger charge is 2.19. The minimum absolute atomic E-state index is 0.188. The Bertz CT molecular complexity index is 905. The fourth-order valence-corrected chi connectivity index (χ4v) is 3.75. The second-order valence-corrected chi connectivity index (χ2v) is 7.93. The highest BCUT2D eigenvalue weighted by molar-refractivity contribution is 5.76. The molecule has 1 heterocycles. The number of carbonyl (C=O) groups excluding carboxylic acids is 1. The highest BCUT2D eigenvalue weighted by Crippen LogP contribution is 2.28. The molecule has 0 saturated carbocycles. The second-order valence-electron chi connectivity index (χ2n) is 7.93. The molecule has 0 unspecified atom stereocenters. The summed E-state index contributed by atoms with van der Waals surface area (Å²) in [5.74, 6) is 1.31. The number of benzene rings is 2. The minimum Gasteiger partial charge on any atom is -0.493 e. The monoisotopic (exact) mass is 421 g/mol. The minimum atomic E-state index is 0.188. The van der Waals surface area contributed by atoms with Crippen molar-refractivity contribution in [1.29, 1.82) is 5.26 Å². The van der Waals surface area contributed by atoms with Gasteiger partial charge in [0.25, 0.3) is 0 Å². The first-order valence-electron chi connectivity index (χ1n) is 10.9. The molecule has 0 radical (unpaired) electrons. The van der Waals surface area contributed by atoms with Crippen molar-refractivity contribution >= 4 is 5.91 Å². The maximum atomic E-state index is 12.7. The molecule has 2 aromatic rings. The van der Waals surface area contributed by atoms with E-state index in [4.69, 9.17) is 14.7 Å². The van der Waals surface area contributed by atoms with Crippen LogP contribution in [0.3, 0.4) is 0 Å². The number of rotatable bonds is 8. The summed E-state index contributed by atoms with van der Waals surface area (Å²) < 4.78 is 11.0. The van der Waals surface area contributed by atoms with Crippen LogP contribution in [0.25, 0.3) is 0 Å². The molecule has 3 rings (SSSR count). The van der Waals surface area contributed by atoms with Crippen LogP contribution < -0.4 is 9.47 Å². The lowest BCUT2D eigenvalue weighted by molar-refractivity contribution is -0.131. The molecular formula is C25H31N3O3. The van der Waals surface area contributed by atoms with Gasteiger partial charge in [-0.25, -0.2) is 0 Å². The van der Waals surface area contributed by atoms with Gasteiger partial charge >= 0.3 is 0 Å². The van der Waals surface area contributed by atoms with Gasteiger partial charge in [-0.15, -0.1) is 0 Å². The normalized spacial score (nSPS) is 14.5. The summed E-state index contributed by atoms with van der Waals surface area (Å²) >= 11 is 0. The van der Waals surface area contributed by atoms with Crippen LogP contribution in [0.4, 0.5) is 0 Å². The molecule has 1 aliphatic rings. The van der Waals surface area contributed by atoms with Gasteiger partial charge in [0, 0.05) is 45.2 Å². The quantitative estimate of drug-likeness (QED) is 0.607. The maximum absolute atomic E-state index is 12.7. The van der Waals surface area contributed by atoms with Crippen molar-refractivity contribution in [2.45, 2.75) is 32.7 Å². The van der Waals surface area contributed by atoms with Gasteiger partial charge in [0.2, 0.25) is 5.91 Å². The number of amides is 1. The second kappa shape index (κ2) is 11.4. The van der Waals surface area contributed by atoms with E-state index >= 15 is 0 Å². The standard InChI is InChI=1S/C25H31N3O3/c1-20-6-8-21(9-7-20)19-27-12-4-13-28(15-14-27)25(29)5-3-16-31-23-11-10-22(18-26)17-24(23)30-2/h6-11,17H,3-5,12-16,19H2,1-2H3. The molecule has 6 heteroatoms. The van der Waals surface area contributed by atoms with Gasteiger partial charge in [-0.1, -0.05) is 29.8 Å². The van der Waals surface area contributed by atoms with Gasteiger partial charge in [0.15, 0.2) is 11.5 Å². The third-order valence-corrected chi connectivity index (χ3v) is 5.55. The summed E-state index contributed by atoms with van der Waals surface area (Å²) in [6, 6.07) is 15.8. The van der Waals surface area contributed by atoms with E-state index in [0.29, 0.717) is 36.5 Å². The van der Waals surface area contributed by atoms with Crippen LogP contribution in [0.5, 0.6) is 11.5 Å². The van der Waals surface area contributed by atoms with Crippen LogP contribution in [0.2, 0.25) is 0 Å². The van der Waals surface area contributed by atoms with Gasteiger partial charge < -0.3 is 14.4 Å². The highest BCUT2D eigenvalue weighted by atomic mass is 16.5. The molecule has 0 spiro atoms. The molecule has 2 aromatic carbocycles. The zero-order valence-corrected chi connectivity index (χ0v) is 18.5. The van der Waals surface area contributed by atoms with Crippen LogP contribution in [0.15, 0.2) is 42.5 Å². The summed E-state index contributed by atoms with van der Waals surface area (Å²) in [4.78, 5) is 17.1. The Morgan fingerprint density at radius 2 is 1.87 bits per heavy atom. The van der Waals surface area contributed by atoms with Crippen LogP contribution in [-0.4, -0.2) is 55.6 Å². The lowest BCUT2D eigenvalue weighted by atomic mass is 10.1. The van der Waals surface area contributed by atoms with Crippen LogP contribution in [-0.2, 0) is 11.3 Å². The molecule has 0 aromatic heterocycles. The average Bonchev–Trinajstić information content (AvgIpc) is 3.03. The number of nitrogens with zero attached hydrogens (tertiary/aromatic N) is 3. The fourth-order valence-electron chi connectivity index (χ4n) is 3.75. The molecule has 31 heavy (non-hydrogen) atoms. The number of aryl methyl sites for hydroxylation is 1. The third-order valence-electron chi connectivity index (χ3n) is 5.55. The van der Waals surface area contributed by atoms with E-state index in [1.807, 2.05) is 4.90 Å². The Kier molecular flexibility index (Phi) is 8.31. The Balaban J connectivity index is 1.41. The van der Waals surface area contributed by atoms with Crippen LogP contribution >= 0.6 is 0 Å². The zero-order valence-electron chi connectivity index (χ0n) is 18.5. The van der Waals surface area contributed by atoms with Crippen LogP contribution in [0.1, 0.15) is 36.0 Å². The predicted octanol–water partition coefficient (Wildman–Crippen LogP) is 3.77. The van der Waals surface area contributed by atoms with Gasteiger partial charge in [0.1, 0.15) is 0 Å². The first-order valence-corrected chi connectivity index (χ1v) is 10.9. The van der Waals surface area contributed by atoms with Gasteiger partial charge in [-0.2, -0.15) is 5.26 Å². The van der Waals surface area contributed by atoms with Crippen molar-refractivity contribution < 1.29 is 14.3 Å². The third kappa shape index (κ3) is 6.73. The fraction of sp³-hybridized carbons (Fsp3) is 0.440. The van der Waals surface area contributed by atoms with E-state index < -0.39 is 0 Å². The molecule has 0 bridgehead atoms. The van der Waals surface area contributed by atoms with E-state index in [9.17, 15) is 4.79 Å². The molecule has 1 aliphatic heterocycles. The Labute approximate surface area is 185 Å². The van der Waals surface area contributed by atoms with Crippen LogP contribution in [0, 0.1) is 18.3 Å². The number of ether oxygens (including phenoxy) is 2. The first kappa shape index (κ1) is 22.6. The smallest absolute Gasteiger partial charge is 0.222 e. The summed E-state index contributed by atoms with van der Waals surface area (Å²) in [7, 11) is 1.55. The molecule has 1 saturated heterocycles. The van der Waals surface area contributed by atoms with Crippen molar-refractivity contribution in [1.82, 2.24) is 9.80 Å². The molecule has 0 atom stereocenters. The largest absolute Gasteiger partial charge is 0.493 e. The zero-order chi connectivity index (χ0) is 22.1. The number of hydrogen-bond donors (Lipinski definition) is 0. The average molecular weight is 422 g/mol. The van der Waals surface area contributed by atoms with E-state index in [0.717, 1.165) is 39.1 Å². The van der Waals surface area contributed by atoms with Crippen molar-refractivity contribution in [2.24, 2.45) is 0 Å². The lowest BCUT2D eigenvalue weighted by Crippen LogP contribution is -2.35. The van der Waals surface area contributed by atoms with E-state index in [1.54, 1.807) is 25.3 Å². The van der Waals surface area contributed by atoms with E-state index in [2.05, 4.69) is 42.2 Å². The Hall–Kier alpha value is -3.04. The number of hydrogen-bond acceptors (Lipinski definition) is 5. The summed E-state index contributed by atoms with van der Waals surface area (Å²) in [5, 5.41) is 8.98. The molecule has 0 N–H and O–H groups in total. The van der Waals surface area contributed by atoms with Crippen molar-refractivity contribution in [3.05, 3.63) is 59.2 Å². The Morgan fingerprint density at radius 1 is 1.06 bits per heavy atom. The summed E-state index contributed by atoms with van der Waals surface area (Å²) in [5.41, 5.74) is 3.12. The predicted molar refractivity (Wildman–Crippen MR) is 120 cm³/mol. The van der Waals surface area contributed by atoms with E-state index in [1.165, 1.54) is 11.1 Å². The number of carbonyl (C=O) groups is 1. The molecule has 164 valence electrons. The summed E-state index contributed by atoms with van der Waals surface area (Å²) in [6.07, 6.45) is 2.11. The van der Waals surface area contributed by atoms with Crippen molar-refractivity contribution in [3.8, 4) is 17.6 Å². The van der Waals surface area contributed by atoms with Gasteiger partial charge in [-0.3, -0.25) is 9.69 Å². The molecule has 0 aliphatic carbocycles. The maximum Gasteiger partial charge on any atom is 0.222 e. The number of methoxy groups -OCH3 is 1. The molecule has 1 fully saturated rings. The molecular weight excluding hydrogens is 390 g/mol. The molecule has 1 amide bonds. The SMILES string of the molecule is COc1cc(C#N)ccc1OCCCC(=O)N1CCCN(Cc2ccc(C)cc2)CC1. The van der Waals surface area contributed by atoms with Gasteiger partial charge in [-0.05, 0) is 37.5 Å². The van der Waals surface area contributed by atoms with Gasteiger partial charge in [0.05, 0.1) is 25.3 Å². The van der Waals surface area contributed by atoms with Crippen molar-refractivity contribution in [2.75, 3.05) is 39.9 Å². The summed E-state index contributed by atoms with van der Waals surface area (Å²) in [6.45, 7) is 6.97. The Morgan fingerprint density at radius 3 is 2.61 bits per heavy atom. The first-order chi connectivity index (χ1) is 15.1. The van der Waals surface area contributed by atoms with Crippen molar-refractivity contribution in [3.63, 3.8) is 0 Å². The molecule has 6 nitrogen and oxygen atoms in total. The van der Waals surface area contributed by atoms with E-state index in [-0.39, 0.29) is 5.91 Å². The topological polar surface area (TPSA) is 65.8 Å². The lowest BCUT2D eigenvalue weighted by Gasteiger charge is -2.22. The number of nitriles is 1.